The Hall–Kier alpha value is -1.25. The van der Waals surface area contributed by atoms with E-state index in [2.05, 4.69) is 72.9 Å². The van der Waals surface area contributed by atoms with Gasteiger partial charge in [0.15, 0.2) is 0 Å². The van der Waals surface area contributed by atoms with E-state index in [1.165, 1.54) is 0 Å². The normalized spacial score (nSPS) is 37.6. The summed E-state index contributed by atoms with van der Waals surface area (Å²) in [5, 5.41) is -1.33. The van der Waals surface area contributed by atoms with Gasteiger partial charge in [-0.1, -0.05) is 54.7 Å². The van der Waals surface area contributed by atoms with Crippen molar-refractivity contribution in [3.63, 3.8) is 0 Å². The van der Waals surface area contributed by atoms with Crippen LogP contribution in [0.15, 0.2) is 72.9 Å². The van der Waals surface area contributed by atoms with Gasteiger partial charge >= 0.3 is 0 Å². The Kier molecular flexibility index (Phi) is 5.60. The van der Waals surface area contributed by atoms with Gasteiger partial charge in [0.05, 0.1) is 0 Å². The van der Waals surface area contributed by atoms with Crippen LogP contribution in [0.2, 0.25) is 0 Å². The number of hydrogen-bond acceptors (Lipinski definition) is 3. The smallest absolute Gasteiger partial charge is 0.114 e. The Morgan fingerprint density at radius 3 is 1.08 bits per heavy atom. The van der Waals surface area contributed by atoms with E-state index >= 15 is 0 Å². The van der Waals surface area contributed by atoms with Gasteiger partial charge in [-0.15, -0.1) is 0 Å². The second-order valence-electron chi connectivity index (χ2n) is 6.46. The number of rotatable bonds is 6. The molecule has 0 N–H and O–H groups in total. The molecule has 3 nitrogen and oxygen atoms in total. The largest absolute Gasteiger partial charge is 0.369 e. The average Bonchev–Trinajstić information content (AvgIpc) is 2.70. The standard InChI is InChI=1S/C21H27O3P/c1-22-19(13-7-4-8-14-19)25(20(23-2)15-9-5-10-16-20)21(24-3)17-11-6-12-18-21/h4-13,15,17H,14,16,18H2,1-3H3. The van der Waals surface area contributed by atoms with Gasteiger partial charge in [0, 0.05) is 48.5 Å². The lowest BCUT2D eigenvalue weighted by atomic mass is 10.1. The Morgan fingerprint density at radius 2 is 0.880 bits per heavy atom. The van der Waals surface area contributed by atoms with Gasteiger partial charge < -0.3 is 14.2 Å². The minimum atomic E-state index is -0.949. The fourth-order valence-corrected chi connectivity index (χ4v) is 7.99. The van der Waals surface area contributed by atoms with E-state index in [9.17, 15) is 0 Å². The van der Waals surface area contributed by atoms with Gasteiger partial charge in [0.25, 0.3) is 0 Å². The van der Waals surface area contributed by atoms with Crippen molar-refractivity contribution in [1.82, 2.24) is 0 Å². The van der Waals surface area contributed by atoms with Crippen LogP contribution in [-0.4, -0.2) is 37.4 Å². The van der Waals surface area contributed by atoms with E-state index in [0.29, 0.717) is 0 Å². The fourth-order valence-electron chi connectivity index (χ4n) is 3.95. The molecule has 0 saturated heterocycles. The highest BCUT2D eigenvalue weighted by Gasteiger charge is 2.58. The van der Waals surface area contributed by atoms with Gasteiger partial charge in [-0.05, 0) is 18.2 Å². The highest BCUT2D eigenvalue weighted by Crippen LogP contribution is 2.73. The van der Waals surface area contributed by atoms with Crippen LogP contribution in [0.5, 0.6) is 0 Å². The molecule has 0 aromatic carbocycles. The molecule has 0 aromatic rings. The van der Waals surface area contributed by atoms with Crippen molar-refractivity contribution in [3.8, 4) is 0 Å². The highest BCUT2D eigenvalue weighted by molar-refractivity contribution is 7.62. The third kappa shape index (κ3) is 3.15. The van der Waals surface area contributed by atoms with Gasteiger partial charge in [0.2, 0.25) is 0 Å². The molecule has 3 atom stereocenters. The Bertz CT molecular complexity index is 570. The molecule has 0 saturated carbocycles. The third-order valence-electron chi connectivity index (χ3n) is 5.24. The molecule has 3 aliphatic rings. The predicted octanol–water partition coefficient (Wildman–Crippen LogP) is 5.04. The van der Waals surface area contributed by atoms with E-state index in [0.717, 1.165) is 19.3 Å². The molecule has 0 bridgehead atoms. The molecule has 0 aromatic heterocycles. The van der Waals surface area contributed by atoms with Crippen LogP contribution < -0.4 is 0 Å². The minimum Gasteiger partial charge on any atom is -0.369 e. The van der Waals surface area contributed by atoms with Crippen molar-refractivity contribution in [2.75, 3.05) is 21.3 Å². The lowest BCUT2D eigenvalue weighted by molar-refractivity contribution is 0.0434. The summed E-state index contributed by atoms with van der Waals surface area (Å²) >= 11 is 0. The van der Waals surface area contributed by atoms with Crippen LogP contribution in [0, 0.1) is 0 Å². The summed E-state index contributed by atoms with van der Waals surface area (Å²) in [6.45, 7) is 0. The van der Waals surface area contributed by atoms with E-state index in [1.54, 1.807) is 21.3 Å². The monoisotopic (exact) mass is 358 g/mol. The molecule has 0 heterocycles. The van der Waals surface area contributed by atoms with E-state index in [-0.39, 0.29) is 0 Å². The summed E-state index contributed by atoms with van der Waals surface area (Å²) in [5.74, 6) is 0. The quantitative estimate of drug-likeness (QED) is 0.622. The molecule has 4 heteroatoms. The summed E-state index contributed by atoms with van der Waals surface area (Å²) in [5.41, 5.74) is 0. The predicted molar refractivity (Wildman–Crippen MR) is 105 cm³/mol. The average molecular weight is 358 g/mol. The highest BCUT2D eigenvalue weighted by atomic mass is 31.1. The molecule has 0 aliphatic heterocycles. The molecule has 0 radical (unpaired) electrons. The van der Waals surface area contributed by atoms with Crippen molar-refractivity contribution in [2.24, 2.45) is 0 Å². The molecule has 3 unspecified atom stereocenters. The first-order valence-electron chi connectivity index (χ1n) is 8.66. The molecular formula is C21H27O3P. The molecule has 3 rings (SSSR count). The van der Waals surface area contributed by atoms with Gasteiger partial charge in [-0.25, -0.2) is 0 Å². The zero-order valence-corrected chi connectivity index (χ0v) is 16.1. The number of hydrogen-bond donors (Lipinski definition) is 0. The second kappa shape index (κ2) is 7.55. The number of allylic oxidation sites excluding steroid dienone is 6. The van der Waals surface area contributed by atoms with Crippen LogP contribution in [0.1, 0.15) is 19.3 Å². The molecule has 25 heavy (non-hydrogen) atoms. The third-order valence-corrected chi connectivity index (χ3v) is 9.05. The SMILES string of the molecule is COC1(P(C2(OC)C=CC=CC2)C2(OC)C=CC=CC2)C=CC=CC1. The number of methoxy groups -OCH3 is 3. The molecule has 3 aliphatic carbocycles. The summed E-state index contributed by atoms with van der Waals surface area (Å²) in [6.07, 6.45) is 28.0. The zero-order valence-electron chi connectivity index (χ0n) is 15.2. The first-order valence-corrected chi connectivity index (χ1v) is 10.0. The Labute approximate surface area is 152 Å². The van der Waals surface area contributed by atoms with Crippen molar-refractivity contribution in [3.05, 3.63) is 72.9 Å². The van der Waals surface area contributed by atoms with Crippen molar-refractivity contribution in [1.29, 1.82) is 0 Å². The van der Waals surface area contributed by atoms with Crippen LogP contribution in [0.3, 0.4) is 0 Å². The molecule has 134 valence electrons. The Morgan fingerprint density at radius 1 is 0.560 bits per heavy atom. The maximum absolute atomic E-state index is 6.22. The van der Waals surface area contributed by atoms with Gasteiger partial charge in [-0.2, -0.15) is 0 Å². The lowest BCUT2D eigenvalue weighted by Crippen LogP contribution is -2.48. The second-order valence-corrected chi connectivity index (χ2v) is 9.40. The summed E-state index contributed by atoms with van der Waals surface area (Å²) < 4.78 is 18.6. The van der Waals surface area contributed by atoms with Crippen LogP contribution in [0.25, 0.3) is 0 Å². The van der Waals surface area contributed by atoms with E-state index < -0.39 is 23.9 Å². The minimum absolute atomic E-state index is 0.443. The molecular weight excluding hydrogens is 331 g/mol. The number of ether oxygens (including phenoxy) is 3. The molecule has 0 spiro atoms. The lowest BCUT2D eigenvalue weighted by Gasteiger charge is -2.55. The van der Waals surface area contributed by atoms with Crippen molar-refractivity contribution < 1.29 is 14.2 Å². The maximum Gasteiger partial charge on any atom is 0.114 e. The zero-order chi connectivity index (χ0) is 17.8. The fraction of sp³-hybridized carbons (Fsp3) is 0.429. The van der Waals surface area contributed by atoms with Gasteiger partial charge in [-0.3, -0.25) is 0 Å². The topological polar surface area (TPSA) is 27.7 Å². The van der Waals surface area contributed by atoms with Gasteiger partial charge in [0.1, 0.15) is 16.0 Å². The summed E-state index contributed by atoms with van der Waals surface area (Å²) in [4.78, 5) is 0. The first kappa shape index (κ1) is 18.5. The Balaban J connectivity index is 2.18. The van der Waals surface area contributed by atoms with Crippen LogP contribution >= 0.6 is 7.92 Å². The molecule has 0 amide bonds. The van der Waals surface area contributed by atoms with Crippen molar-refractivity contribution >= 4 is 7.92 Å². The summed E-state index contributed by atoms with van der Waals surface area (Å²) in [7, 11) is 4.46. The van der Waals surface area contributed by atoms with E-state index in [4.69, 9.17) is 14.2 Å². The van der Waals surface area contributed by atoms with E-state index in [1.807, 2.05) is 0 Å². The first-order chi connectivity index (χ1) is 12.2. The molecule has 0 fully saturated rings. The maximum atomic E-state index is 6.22. The van der Waals surface area contributed by atoms with Crippen molar-refractivity contribution in [2.45, 2.75) is 35.3 Å². The van der Waals surface area contributed by atoms with Crippen LogP contribution in [-0.2, 0) is 14.2 Å². The summed E-state index contributed by atoms with van der Waals surface area (Å²) in [6, 6.07) is 0. The van der Waals surface area contributed by atoms with Crippen LogP contribution in [0.4, 0.5) is 0 Å².